The number of benzene rings is 1. The summed E-state index contributed by atoms with van der Waals surface area (Å²) in [4.78, 5) is 29.2. The van der Waals surface area contributed by atoms with E-state index in [-0.39, 0.29) is 29.2 Å². The number of nitrogens with zero attached hydrogens (tertiary/aromatic N) is 4. The van der Waals surface area contributed by atoms with Gasteiger partial charge in [0.15, 0.2) is 0 Å². The van der Waals surface area contributed by atoms with Crippen molar-refractivity contribution >= 4 is 32.8 Å². The zero-order chi connectivity index (χ0) is 22.2. The summed E-state index contributed by atoms with van der Waals surface area (Å²) in [5.74, 6) is 0.871. The fourth-order valence-electron chi connectivity index (χ4n) is 4.39. The van der Waals surface area contributed by atoms with Crippen LogP contribution in [0.4, 0.5) is 5.82 Å². The van der Waals surface area contributed by atoms with Crippen molar-refractivity contribution in [3.63, 3.8) is 0 Å². The molecule has 2 fully saturated rings. The second-order valence-corrected chi connectivity index (χ2v) is 10.4. The molecular formula is C22H26N6O3S. The number of carbonyl (C=O) groups excluding carboxylic acids is 1. The minimum Gasteiger partial charge on any atom is -0.354 e. The maximum Gasteiger partial charge on any atom is 0.240 e. The van der Waals surface area contributed by atoms with Gasteiger partial charge < -0.3 is 14.8 Å². The van der Waals surface area contributed by atoms with Crippen LogP contribution in [-0.2, 0) is 14.8 Å². The molecule has 1 aliphatic carbocycles. The average Bonchev–Trinajstić information content (AvgIpc) is 3.44. The van der Waals surface area contributed by atoms with Crippen molar-refractivity contribution in [3.8, 4) is 0 Å². The number of hydrogen-bond donors (Lipinski definition) is 2. The maximum atomic E-state index is 12.9. The van der Waals surface area contributed by atoms with Crippen LogP contribution in [0.5, 0.6) is 0 Å². The van der Waals surface area contributed by atoms with Gasteiger partial charge >= 0.3 is 0 Å². The summed E-state index contributed by atoms with van der Waals surface area (Å²) in [7, 11) is -3.61. The number of fused-ring (bicyclic) bond motifs is 1. The number of aromatic amines is 1. The average molecular weight is 455 g/mol. The minimum atomic E-state index is -3.61. The van der Waals surface area contributed by atoms with E-state index in [0.717, 1.165) is 36.2 Å². The Morgan fingerprint density at radius 1 is 1.09 bits per heavy atom. The van der Waals surface area contributed by atoms with E-state index < -0.39 is 10.0 Å². The highest BCUT2D eigenvalue weighted by atomic mass is 32.2. The minimum absolute atomic E-state index is 0.0247. The molecule has 2 aromatic heterocycles. The largest absolute Gasteiger partial charge is 0.354 e. The molecule has 1 aromatic carbocycles. The van der Waals surface area contributed by atoms with Crippen molar-refractivity contribution < 1.29 is 13.2 Å². The lowest BCUT2D eigenvalue weighted by molar-refractivity contribution is -0.131. The van der Waals surface area contributed by atoms with Crippen molar-refractivity contribution in [1.82, 2.24) is 24.6 Å². The van der Waals surface area contributed by atoms with Crippen LogP contribution in [0.1, 0.15) is 19.3 Å². The van der Waals surface area contributed by atoms with E-state index in [2.05, 4.69) is 24.6 Å². The van der Waals surface area contributed by atoms with Crippen LogP contribution in [0.25, 0.3) is 11.0 Å². The summed E-state index contributed by atoms with van der Waals surface area (Å²) in [6.07, 6.45) is 5.72. The number of sulfonamides is 1. The van der Waals surface area contributed by atoms with E-state index in [0.29, 0.717) is 19.6 Å². The number of carbonyl (C=O) groups is 1. The molecule has 0 atom stereocenters. The van der Waals surface area contributed by atoms with Crippen LogP contribution in [0.15, 0.2) is 53.8 Å². The fraction of sp³-hybridized carbons (Fsp3) is 0.409. The summed E-state index contributed by atoms with van der Waals surface area (Å²) in [6, 6.07) is 10.2. The Morgan fingerprint density at radius 2 is 1.91 bits per heavy atom. The molecule has 5 rings (SSSR count). The monoisotopic (exact) mass is 454 g/mol. The van der Waals surface area contributed by atoms with E-state index in [1.165, 1.54) is 0 Å². The van der Waals surface area contributed by atoms with Gasteiger partial charge in [-0.25, -0.2) is 23.1 Å². The molecule has 0 unspecified atom stereocenters. The summed E-state index contributed by atoms with van der Waals surface area (Å²) >= 11 is 0. The molecule has 32 heavy (non-hydrogen) atoms. The first kappa shape index (κ1) is 20.9. The topological polar surface area (TPSA) is 111 Å². The zero-order valence-electron chi connectivity index (χ0n) is 17.7. The van der Waals surface area contributed by atoms with Gasteiger partial charge in [-0.1, -0.05) is 18.2 Å². The standard InChI is InChI=1S/C22H26N6O3S/c29-19(7-11-26-32(30,31)17-4-2-1-3-5-17)27-12-13-28(15-22(14-27)8-9-22)21-18-6-10-23-20(18)24-16-25-21/h1-6,10,16,26H,7-9,11-15H2,(H,23,24,25). The number of anilines is 1. The first-order valence-corrected chi connectivity index (χ1v) is 12.3. The Kier molecular flexibility index (Phi) is 5.34. The Hall–Kier alpha value is -2.98. The van der Waals surface area contributed by atoms with Crippen LogP contribution < -0.4 is 9.62 Å². The Morgan fingerprint density at radius 3 is 2.69 bits per heavy atom. The first-order valence-electron chi connectivity index (χ1n) is 10.8. The maximum absolute atomic E-state index is 12.9. The molecule has 3 heterocycles. The van der Waals surface area contributed by atoms with Crippen LogP contribution in [-0.4, -0.2) is 66.9 Å². The molecule has 2 N–H and O–H groups in total. The molecule has 1 saturated carbocycles. The van der Waals surface area contributed by atoms with Gasteiger partial charge in [0.25, 0.3) is 0 Å². The molecule has 9 nitrogen and oxygen atoms in total. The summed E-state index contributed by atoms with van der Waals surface area (Å²) < 4.78 is 27.3. The van der Waals surface area contributed by atoms with Crippen LogP contribution >= 0.6 is 0 Å². The molecule has 3 aromatic rings. The van der Waals surface area contributed by atoms with Crippen molar-refractivity contribution in [2.24, 2.45) is 5.41 Å². The molecule has 0 radical (unpaired) electrons. The lowest BCUT2D eigenvalue weighted by Crippen LogP contribution is -2.38. The second kappa shape index (κ2) is 8.18. The van der Waals surface area contributed by atoms with E-state index in [1.807, 2.05) is 17.2 Å². The Balaban J connectivity index is 1.24. The third-order valence-corrected chi connectivity index (χ3v) is 7.80. The summed E-state index contributed by atoms with van der Waals surface area (Å²) in [6.45, 7) is 2.91. The van der Waals surface area contributed by atoms with Crippen molar-refractivity contribution in [1.29, 1.82) is 0 Å². The van der Waals surface area contributed by atoms with Gasteiger partial charge in [0.2, 0.25) is 15.9 Å². The normalized spacial score (nSPS) is 18.1. The molecule has 1 spiro atoms. The van der Waals surface area contributed by atoms with Crippen LogP contribution in [0.2, 0.25) is 0 Å². The van der Waals surface area contributed by atoms with Gasteiger partial charge in [0.1, 0.15) is 17.8 Å². The van der Waals surface area contributed by atoms with Gasteiger partial charge in [-0.05, 0) is 31.0 Å². The fourth-order valence-corrected chi connectivity index (χ4v) is 5.44. The number of aromatic nitrogens is 3. The molecule has 168 valence electrons. The number of amides is 1. The molecule has 0 bridgehead atoms. The number of rotatable bonds is 6. The first-order chi connectivity index (χ1) is 15.5. The SMILES string of the molecule is O=C(CCNS(=O)(=O)c1ccccc1)N1CCN(c2ncnc3[nH]ccc23)CC2(CC2)C1. The van der Waals surface area contributed by atoms with Crippen molar-refractivity contribution in [2.45, 2.75) is 24.2 Å². The predicted molar refractivity (Wildman–Crippen MR) is 121 cm³/mol. The quantitative estimate of drug-likeness (QED) is 0.587. The lowest BCUT2D eigenvalue weighted by atomic mass is 10.1. The number of hydrogen-bond acceptors (Lipinski definition) is 6. The summed E-state index contributed by atoms with van der Waals surface area (Å²) in [5.41, 5.74) is 0.895. The van der Waals surface area contributed by atoms with Gasteiger partial charge in [0.05, 0.1) is 10.3 Å². The van der Waals surface area contributed by atoms with E-state index in [1.54, 1.807) is 36.7 Å². The molecule has 10 heteroatoms. The highest BCUT2D eigenvalue weighted by molar-refractivity contribution is 7.89. The summed E-state index contributed by atoms with van der Waals surface area (Å²) in [5, 5.41) is 0.985. The lowest BCUT2D eigenvalue weighted by Gasteiger charge is -2.25. The smallest absolute Gasteiger partial charge is 0.240 e. The van der Waals surface area contributed by atoms with Gasteiger partial charge in [0, 0.05) is 50.8 Å². The van der Waals surface area contributed by atoms with E-state index >= 15 is 0 Å². The Labute approximate surface area is 186 Å². The van der Waals surface area contributed by atoms with Crippen LogP contribution in [0.3, 0.4) is 0 Å². The van der Waals surface area contributed by atoms with E-state index in [9.17, 15) is 13.2 Å². The highest BCUT2D eigenvalue weighted by Crippen LogP contribution is 2.48. The van der Waals surface area contributed by atoms with Gasteiger partial charge in [-0.3, -0.25) is 4.79 Å². The third-order valence-electron chi connectivity index (χ3n) is 6.32. The molecule has 1 aliphatic heterocycles. The van der Waals surface area contributed by atoms with Gasteiger partial charge in [-0.2, -0.15) is 0 Å². The van der Waals surface area contributed by atoms with E-state index in [4.69, 9.17) is 0 Å². The number of nitrogens with one attached hydrogen (secondary N) is 2. The second-order valence-electron chi connectivity index (χ2n) is 8.63. The molecule has 2 aliphatic rings. The van der Waals surface area contributed by atoms with Crippen LogP contribution in [0, 0.1) is 5.41 Å². The third kappa shape index (κ3) is 4.20. The van der Waals surface area contributed by atoms with Crippen molar-refractivity contribution in [3.05, 3.63) is 48.9 Å². The van der Waals surface area contributed by atoms with Crippen molar-refractivity contribution in [2.75, 3.05) is 37.6 Å². The van der Waals surface area contributed by atoms with Gasteiger partial charge in [-0.15, -0.1) is 0 Å². The zero-order valence-corrected chi connectivity index (χ0v) is 18.5. The Bertz CT molecular complexity index is 1220. The molecular weight excluding hydrogens is 428 g/mol. The highest BCUT2D eigenvalue weighted by Gasteiger charge is 2.47. The predicted octanol–water partition coefficient (Wildman–Crippen LogP) is 1.76. The molecule has 1 saturated heterocycles. The molecule has 1 amide bonds. The number of H-pyrrole nitrogens is 1.